The van der Waals surface area contributed by atoms with Gasteiger partial charge in [0, 0.05) is 27.2 Å². The summed E-state index contributed by atoms with van der Waals surface area (Å²) in [5, 5.41) is 4.45. The molecule has 0 radical (unpaired) electrons. The number of thiazole rings is 1. The molecule has 0 aliphatic carbocycles. The van der Waals surface area contributed by atoms with Crippen LogP contribution in [0.15, 0.2) is 40.8 Å². The number of hydrogen-bond donors (Lipinski definition) is 0. The van der Waals surface area contributed by atoms with E-state index in [0.717, 1.165) is 39.8 Å². The van der Waals surface area contributed by atoms with Crippen molar-refractivity contribution in [1.82, 2.24) is 9.55 Å². The Morgan fingerprint density at radius 3 is 2.96 bits per heavy atom. The number of benzene rings is 1. The molecule has 0 unspecified atom stereocenters. The average Bonchev–Trinajstić information content (AvgIpc) is 3.16. The second-order valence-corrected chi connectivity index (χ2v) is 7.08. The molecule has 0 fully saturated rings. The van der Waals surface area contributed by atoms with Crippen molar-refractivity contribution in [3.63, 3.8) is 0 Å². The first-order valence-corrected chi connectivity index (χ1v) is 8.96. The molecule has 0 bridgehead atoms. The van der Waals surface area contributed by atoms with Crippen LogP contribution in [0.1, 0.15) is 28.9 Å². The van der Waals surface area contributed by atoms with Gasteiger partial charge < -0.3 is 4.57 Å². The summed E-state index contributed by atoms with van der Waals surface area (Å²) in [6.45, 7) is 2.62. The van der Waals surface area contributed by atoms with Gasteiger partial charge in [0.1, 0.15) is 11.4 Å². The van der Waals surface area contributed by atoms with Crippen LogP contribution in [0.25, 0.3) is 5.69 Å². The van der Waals surface area contributed by atoms with Gasteiger partial charge in [-0.1, -0.05) is 30.1 Å². The van der Waals surface area contributed by atoms with Gasteiger partial charge in [-0.25, -0.2) is 4.98 Å². The second kappa shape index (κ2) is 5.78. The van der Waals surface area contributed by atoms with Gasteiger partial charge >= 0.3 is 0 Å². The molecule has 4 rings (SSSR count). The predicted octanol–water partition coefficient (Wildman–Crippen LogP) is 5.15. The number of aliphatic imine (C=N–C) groups is 1. The summed E-state index contributed by atoms with van der Waals surface area (Å²) in [6, 6.07) is 7.75. The van der Waals surface area contributed by atoms with Gasteiger partial charge in [0.2, 0.25) is 0 Å². The van der Waals surface area contributed by atoms with Crippen LogP contribution in [-0.2, 0) is 13.0 Å². The Kier molecular flexibility index (Phi) is 3.76. The Bertz CT molecular complexity index is 924. The lowest BCUT2D eigenvalue weighted by Crippen LogP contribution is -2.09. The van der Waals surface area contributed by atoms with E-state index in [9.17, 15) is 0 Å². The van der Waals surface area contributed by atoms with Gasteiger partial charge in [0.15, 0.2) is 0 Å². The molecule has 3 nitrogen and oxygen atoms in total. The smallest absolute Gasteiger partial charge is 0.108 e. The number of aromatic nitrogens is 2. The first-order valence-electron chi connectivity index (χ1n) is 7.32. The maximum absolute atomic E-state index is 6.39. The Morgan fingerprint density at radius 2 is 2.17 bits per heavy atom. The summed E-state index contributed by atoms with van der Waals surface area (Å²) in [5.74, 6) is 0. The Morgan fingerprint density at radius 1 is 1.30 bits per heavy atom. The van der Waals surface area contributed by atoms with E-state index in [1.54, 1.807) is 17.4 Å². The standard InChI is InChI=1S/C17H13Cl2N3S/c1-2-16-21-13(9-23-16)17-14-4-3-5-22(14)15-7-10(18)6-12(19)11(15)8-20-17/h3-7,9H,2,8H2,1H3. The summed E-state index contributed by atoms with van der Waals surface area (Å²) in [6.07, 6.45) is 2.94. The third kappa shape index (κ3) is 2.51. The highest BCUT2D eigenvalue weighted by Gasteiger charge is 2.21. The minimum atomic E-state index is 0.515. The topological polar surface area (TPSA) is 30.2 Å². The van der Waals surface area contributed by atoms with E-state index in [-0.39, 0.29) is 0 Å². The predicted molar refractivity (Wildman–Crippen MR) is 96.6 cm³/mol. The Balaban J connectivity index is 1.92. The average molecular weight is 362 g/mol. The zero-order valence-electron chi connectivity index (χ0n) is 12.4. The third-order valence-electron chi connectivity index (χ3n) is 3.88. The molecule has 1 aliphatic heterocycles. The fourth-order valence-corrected chi connectivity index (χ4v) is 4.05. The minimum Gasteiger partial charge on any atom is -0.315 e. The minimum absolute atomic E-state index is 0.515. The van der Waals surface area contributed by atoms with E-state index >= 15 is 0 Å². The van der Waals surface area contributed by atoms with E-state index in [2.05, 4.69) is 16.9 Å². The van der Waals surface area contributed by atoms with Crippen molar-refractivity contribution >= 4 is 40.3 Å². The fourth-order valence-electron chi connectivity index (χ4n) is 2.78. The van der Waals surface area contributed by atoms with Crippen molar-refractivity contribution in [2.75, 3.05) is 0 Å². The fraction of sp³-hybridized carbons (Fsp3) is 0.176. The molecule has 0 spiro atoms. The van der Waals surface area contributed by atoms with Crippen LogP contribution in [0.2, 0.25) is 10.0 Å². The SMILES string of the molecule is CCc1nc(C2=NCc3c(Cl)cc(Cl)cc3-n3cccc32)cs1. The van der Waals surface area contributed by atoms with E-state index in [0.29, 0.717) is 16.6 Å². The molecule has 0 saturated carbocycles. The Hall–Kier alpha value is -1.62. The van der Waals surface area contributed by atoms with Crippen LogP contribution >= 0.6 is 34.5 Å². The number of aryl methyl sites for hydroxylation is 1. The summed E-state index contributed by atoms with van der Waals surface area (Å²) in [5.41, 5.74) is 4.79. The van der Waals surface area contributed by atoms with Crippen molar-refractivity contribution < 1.29 is 0 Å². The van der Waals surface area contributed by atoms with Gasteiger partial charge in [-0.3, -0.25) is 4.99 Å². The van der Waals surface area contributed by atoms with Crippen LogP contribution in [0, 0.1) is 0 Å². The highest BCUT2D eigenvalue weighted by atomic mass is 35.5. The summed E-state index contributed by atoms with van der Waals surface area (Å²) in [4.78, 5) is 9.49. The monoisotopic (exact) mass is 361 g/mol. The lowest BCUT2D eigenvalue weighted by atomic mass is 10.1. The molecule has 3 aromatic rings. The molecule has 0 amide bonds. The highest BCUT2D eigenvalue weighted by molar-refractivity contribution is 7.09. The molecule has 1 aromatic carbocycles. The number of halogens is 2. The van der Waals surface area contributed by atoms with Crippen LogP contribution < -0.4 is 0 Å². The largest absolute Gasteiger partial charge is 0.315 e. The van der Waals surface area contributed by atoms with Crippen molar-refractivity contribution in [3.05, 3.63) is 67.8 Å². The normalized spacial score (nSPS) is 13.3. The highest BCUT2D eigenvalue weighted by Crippen LogP contribution is 2.32. The zero-order valence-corrected chi connectivity index (χ0v) is 14.7. The van der Waals surface area contributed by atoms with E-state index in [1.165, 1.54) is 0 Å². The lowest BCUT2D eigenvalue weighted by Gasteiger charge is -2.12. The van der Waals surface area contributed by atoms with Crippen LogP contribution in [-0.4, -0.2) is 15.3 Å². The zero-order chi connectivity index (χ0) is 16.0. The van der Waals surface area contributed by atoms with Crippen molar-refractivity contribution in [2.45, 2.75) is 19.9 Å². The number of fused-ring (bicyclic) bond motifs is 3. The van der Waals surface area contributed by atoms with Gasteiger partial charge in [-0.15, -0.1) is 11.3 Å². The second-order valence-electron chi connectivity index (χ2n) is 5.29. The number of rotatable bonds is 2. The quantitative estimate of drug-likeness (QED) is 0.620. The first kappa shape index (κ1) is 14.9. The molecule has 6 heteroatoms. The van der Waals surface area contributed by atoms with Crippen LogP contribution in [0.5, 0.6) is 0 Å². The maximum Gasteiger partial charge on any atom is 0.108 e. The number of nitrogens with zero attached hydrogens (tertiary/aromatic N) is 3. The van der Waals surface area contributed by atoms with E-state index in [4.69, 9.17) is 33.2 Å². The summed E-state index contributed by atoms with van der Waals surface area (Å²) >= 11 is 14.3. The molecule has 3 heterocycles. The lowest BCUT2D eigenvalue weighted by molar-refractivity contribution is 1.02. The molecule has 2 aromatic heterocycles. The molecular weight excluding hydrogens is 349 g/mol. The molecule has 0 N–H and O–H groups in total. The van der Waals surface area contributed by atoms with Crippen LogP contribution in [0.4, 0.5) is 0 Å². The van der Waals surface area contributed by atoms with Crippen molar-refractivity contribution in [2.24, 2.45) is 4.99 Å². The third-order valence-corrected chi connectivity index (χ3v) is 5.43. The molecule has 0 atom stereocenters. The van der Waals surface area contributed by atoms with Gasteiger partial charge in [0.05, 0.1) is 22.9 Å². The van der Waals surface area contributed by atoms with Crippen LogP contribution in [0.3, 0.4) is 0 Å². The van der Waals surface area contributed by atoms with Crippen molar-refractivity contribution in [1.29, 1.82) is 0 Å². The van der Waals surface area contributed by atoms with Gasteiger partial charge in [-0.2, -0.15) is 0 Å². The van der Waals surface area contributed by atoms with Gasteiger partial charge in [0.25, 0.3) is 0 Å². The van der Waals surface area contributed by atoms with Crippen molar-refractivity contribution in [3.8, 4) is 5.69 Å². The Labute approximate surface area is 148 Å². The number of hydrogen-bond acceptors (Lipinski definition) is 3. The van der Waals surface area contributed by atoms with E-state index < -0.39 is 0 Å². The molecule has 23 heavy (non-hydrogen) atoms. The first-order chi connectivity index (χ1) is 11.2. The van der Waals surface area contributed by atoms with Gasteiger partial charge in [-0.05, 0) is 30.7 Å². The molecule has 1 aliphatic rings. The molecule has 0 saturated heterocycles. The molecular formula is C17H13Cl2N3S. The van der Waals surface area contributed by atoms with E-state index in [1.807, 2.05) is 24.4 Å². The maximum atomic E-state index is 6.39. The molecule has 116 valence electrons. The summed E-state index contributed by atoms with van der Waals surface area (Å²) < 4.78 is 2.09. The summed E-state index contributed by atoms with van der Waals surface area (Å²) in [7, 11) is 0.